The van der Waals surface area contributed by atoms with E-state index in [0.29, 0.717) is 16.5 Å². The van der Waals surface area contributed by atoms with E-state index in [4.69, 9.17) is 16.3 Å². The molecule has 0 bridgehead atoms. The summed E-state index contributed by atoms with van der Waals surface area (Å²) in [6, 6.07) is 16.6. The highest BCUT2D eigenvalue weighted by molar-refractivity contribution is 7.99. The summed E-state index contributed by atoms with van der Waals surface area (Å²) in [6.07, 6.45) is 0. The van der Waals surface area contributed by atoms with Gasteiger partial charge in [-0.15, -0.1) is 0 Å². The number of hydrogen-bond acceptors (Lipinski definition) is 5. The van der Waals surface area contributed by atoms with Gasteiger partial charge in [0.2, 0.25) is 5.91 Å². The fraction of sp³-hybridized carbons (Fsp3) is 0.150. The van der Waals surface area contributed by atoms with Gasteiger partial charge in [0.25, 0.3) is 0 Å². The van der Waals surface area contributed by atoms with E-state index in [0.717, 1.165) is 22.0 Å². The Bertz CT molecular complexity index is 948. The summed E-state index contributed by atoms with van der Waals surface area (Å²) in [5.74, 6) is 1.48. The minimum absolute atomic E-state index is 0.143. The normalized spacial score (nSPS) is 10.5. The molecular weight excluding hydrogens is 382 g/mol. The minimum atomic E-state index is -0.143. The van der Waals surface area contributed by atoms with Crippen molar-refractivity contribution in [2.45, 2.75) is 11.9 Å². The van der Waals surface area contributed by atoms with Crippen LogP contribution >= 0.6 is 23.4 Å². The van der Waals surface area contributed by atoms with Crippen LogP contribution in [0.2, 0.25) is 5.02 Å². The number of halogens is 1. The summed E-state index contributed by atoms with van der Waals surface area (Å²) in [7, 11) is 1.63. The molecule has 27 heavy (non-hydrogen) atoms. The SMILES string of the molecule is COc1ccc(-c2nc(C)cc(SCC(=O)Nc3ccccc3Cl)n2)cc1. The van der Waals surface area contributed by atoms with Crippen LogP contribution in [0.15, 0.2) is 59.6 Å². The van der Waals surface area contributed by atoms with Crippen molar-refractivity contribution in [2.75, 3.05) is 18.2 Å². The van der Waals surface area contributed by atoms with E-state index in [-0.39, 0.29) is 11.7 Å². The third-order valence-corrected chi connectivity index (χ3v) is 4.92. The average molecular weight is 400 g/mol. The average Bonchev–Trinajstić information content (AvgIpc) is 2.68. The molecule has 2 aromatic carbocycles. The first-order chi connectivity index (χ1) is 13.0. The quantitative estimate of drug-likeness (QED) is 0.474. The maximum Gasteiger partial charge on any atom is 0.234 e. The number of anilines is 1. The second kappa shape index (κ2) is 8.88. The molecule has 1 N–H and O–H groups in total. The fourth-order valence-electron chi connectivity index (χ4n) is 2.37. The van der Waals surface area contributed by atoms with Crippen LogP contribution in [0, 0.1) is 6.92 Å². The van der Waals surface area contributed by atoms with Crippen LogP contribution < -0.4 is 10.1 Å². The Kier molecular flexibility index (Phi) is 6.32. The maximum atomic E-state index is 12.2. The highest BCUT2D eigenvalue weighted by Gasteiger charge is 2.10. The zero-order chi connectivity index (χ0) is 19.2. The maximum absolute atomic E-state index is 12.2. The van der Waals surface area contributed by atoms with Crippen molar-refractivity contribution in [3.63, 3.8) is 0 Å². The Balaban J connectivity index is 1.69. The number of carbonyl (C=O) groups is 1. The van der Waals surface area contributed by atoms with Crippen LogP contribution in [0.4, 0.5) is 5.69 Å². The monoisotopic (exact) mass is 399 g/mol. The molecule has 0 saturated carbocycles. The number of amides is 1. The molecule has 7 heteroatoms. The lowest BCUT2D eigenvalue weighted by atomic mass is 10.2. The third-order valence-electron chi connectivity index (χ3n) is 3.68. The van der Waals surface area contributed by atoms with Crippen molar-refractivity contribution in [1.82, 2.24) is 9.97 Å². The van der Waals surface area contributed by atoms with E-state index in [2.05, 4.69) is 15.3 Å². The lowest BCUT2D eigenvalue weighted by Crippen LogP contribution is -2.14. The van der Waals surface area contributed by atoms with Crippen LogP contribution in [-0.4, -0.2) is 28.7 Å². The Morgan fingerprint density at radius 3 is 2.59 bits per heavy atom. The smallest absolute Gasteiger partial charge is 0.234 e. The molecular formula is C20H18ClN3O2S. The minimum Gasteiger partial charge on any atom is -0.497 e. The van der Waals surface area contributed by atoms with Crippen LogP contribution in [-0.2, 0) is 4.79 Å². The van der Waals surface area contributed by atoms with E-state index in [1.54, 1.807) is 19.2 Å². The van der Waals surface area contributed by atoms with Gasteiger partial charge in [0, 0.05) is 11.3 Å². The first kappa shape index (κ1) is 19.2. The Morgan fingerprint density at radius 2 is 1.89 bits per heavy atom. The molecule has 5 nitrogen and oxygen atoms in total. The van der Waals surface area contributed by atoms with Gasteiger partial charge in [-0.25, -0.2) is 9.97 Å². The van der Waals surface area contributed by atoms with Crippen molar-refractivity contribution in [1.29, 1.82) is 0 Å². The van der Waals surface area contributed by atoms with E-state index < -0.39 is 0 Å². The lowest BCUT2D eigenvalue weighted by Gasteiger charge is -2.08. The van der Waals surface area contributed by atoms with Gasteiger partial charge >= 0.3 is 0 Å². The number of aromatic nitrogens is 2. The van der Waals surface area contributed by atoms with Gasteiger partial charge in [0.05, 0.1) is 23.6 Å². The molecule has 0 atom stereocenters. The topological polar surface area (TPSA) is 64.1 Å². The molecule has 0 aliphatic rings. The zero-order valence-electron chi connectivity index (χ0n) is 14.9. The number of hydrogen-bond donors (Lipinski definition) is 1. The van der Waals surface area contributed by atoms with Gasteiger partial charge in [0.15, 0.2) is 5.82 Å². The summed E-state index contributed by atoms with van der Waals surface area (Å²) in [6.45, 7) is 1.91. The molecule has 3 aromatic rings. The van der Waals surface area contributed by atoms with Crippen LogP contribution in [0.3, 0.4) is 0 Å². The van der Waals surface area contributed by atoms with E-state index in [1.807, 2.05) is 49.4 Å². The first-order valence-electron chi connectivity index (χ1n) is 8.22. The van der Waals surface area contributed by atoms with Crippen LogP contribution in [0.25, 0.3) is 11.4 Å². The van der Waals surface area contributed by atoms with Crippen molar-refractivity contribution in [3.05, 3.63) is 65.3 Å². The molecule has 0 unspecified atom stereocenters. The molecule has 1 aromatic heterocycles. The van der Waals surface area contributed by atoms with Crippen LogP contribution in [0.1, 0.15) is 5.69 Å². The number of para-hydroxylation sites is 1. The lowest BCUT2D eigenvalue weighted by molar-refractivity contribution is -0.113. The van der Waals surface area contributed by atoms with Crippen molar-refractivity contribution >= 4 is 35.0 Å². The molecule has 0 aliphatic heterocycles. The number of methoxy groups -OCH3 is 1. The molecule has 3 rings (SSSR count). The molecule has 0 aliphatic carbocycles. The predicted molar refractivity (Wildman–Crippen MR) is 110 cm³/mol. The van der Waals surface area contributed by atoms with Gasteiger partial charge in [-0.1, -0.05) is 35.5 Å². The first-order valence-corrected chi connectivity index (χ1v) is 9.59. The second-order valence-electron chi connectivity index (χ2n) is 5.72. The van der Waals surface area contributed by atoms with E-state index in [9.17, 15) is 4.79 Å². The summed E-state index contributed by atoms with van der Waals surface area (Å²) >= 11 is 7.42. The Morgan fingerprint density at radius 1 is 1.15 bits per heavy atom. The van der Waals surface area contributed by atoms with Gasteiger partial charge in [0.1, 0.15) is 10.8 Å². The number of benzene rings is 2. The summed E-state index contributed by atoms with van der Waals surface area (Å²) in [5, 5.41) is 4.05. The summed E-state index contributed by atoms with van der Waals surface area (Å²) in [5.41, 5.74) is 2.33. The Hall–Kier alpha value is -2.57. The van der Waals surface area contributed by atoms with Crippen molar-refractivity contribution in [3.8, 4) is 17.1 Å². The molecule has 138 valence electrons. The van der Waals surface area contributed by atoms with Gasteiger partial charge < -0.3 is 10.1 Å². The molecule has 0 saturated heterocycles. The van der Waals surface area contributed by atoms with Gasteiger partial charge in [-0.05, 0) is 49.4 Å². The number of rotatable bonds is 6. The number of carbonyl (C=O) groups excluding carboxylic acids is 1. The zero-order valence-corrected chi connectivity index (χ0v) is 16.5. The number of thioether (sulfide) groups is 1. The summed E-state index contributed by atoms with van der Waals surface area (Å²) < 4.78 is 5.18. The molecule has 0 fully saturated rings. The van der Waals surface area contributed by atoms with Gasteiger partial charge in [-0.3, -0.25) is 4.79 Å². The molecule has 1 heterocycles. The largest absolute Gasteiger partial charge is 0.497 e. The molecule has 0 radical (unpaired) electrons. The van der Waals surface area contributed by atoms with Crippen LogP contribution in [0.5, 0.6) is 5.75 Å². The number of nitrogens with zero attached hydrogens (tertiary/aromatic N) is 2. The number of ether oxygens (including phenoxy) is 1. The summed E-state index contributed by atoms with van der Waals surface area (Å²) in [4.78, 5) is 21.2. The number of aryl methyl sites for hydroxylation is 1. The molecule has 1 amide bonds. The highest BCUT2D eigenvalue weighted by Crippen LogP contribution is 2.24. The van der Waals surface area contributed by atoms with E-state index >= 15 is 0 Å². The fourth-order valence-corrected chi connectivity index (χ4v) is 3.31. The predicted octanol–water partition coefficient (Wildman–Crippen LogP) is 4.84. The van der Waals surface area contributed by atoms with Crippen molar-refractivity contribution < 1.29 is 9.53 Å². The third kappa shape index (κ3) is 5.21. The van der Waals surface area contributed by atoms with E-state index in [1.165, 1.54) is 11.8 Å². The molecule has 0 spiro atoms. The van der Waals surface area contributed by atoms with Gasteiger partial charge in [-0.2, -0.15) is 0 Å². The van der Waals surface area contributed by atoms with Crippen molar-refractivity contribution in [2.24, 2.45) is 0 Å². The Labute approximate surface area is 167 Å². The standard InChI is InChI=1S/C20H18ClN3O2S/c1-13-11-19(24-20(22-13)14-7-9-15(26-2)10-8-14)27-12-18(25)23-17-6-4-3-5-16(17)21/h3-11H,12H2,1-2H3,(H,23,25). The number of nitrogens with one attached hydrogen (secondary N) is 1. The highest BCUT2D eigenvalue weighted by atomic mass is 35.5. The second-order valence-corrected chi connectivity index (χ2v) is 7.12.